The Bertz CT molecular complexity index is 1010. The molecular weight excluding hydrogens is 594 g/mol. The molecule has 0 bridgehead atoms. The summed E-state index contributed by atoms with van der Waals surface area (Å²) >= 11 is 3.58. The van der Waals surface area contributed by atoms with E-state index in [-0.39, 0.29) is 10.9 Å². The summed E-state index contributed by atoms with van der Waals surface area (Å²) in [4.78, 5) is 11.9. The number of Topliss-reactive ketones (excluding diaryl/α,β-unsaturated/α-hetero) is 1. The van der Waals surface area contributed by atoms with Gasteiger partial charge in [-0.05, 0) is 156 Å². The highest BCUT2D eigenvalue weighted by Gasteiger charge is 2.45. The third-order valence-electron chi connectivity index (χ3n) is 11.9. The standard InChI is InChI=1S/C37H55BrF2O2/c1-24-18-32(19-25(2)26(24)3)22-30-10-15-34(16-11-30)42-37(39,40)33-13-8-29(9-14-33)20-27-4-6-28(7-5-27)21-31-12-17-36(41)35(38)23-31/h18-19,27-31,33-35H,4-17,20-23H2,1-3H3. The fourth-order valence-corrected chi connectivity index (χ4v) is 9.75. The van der Waals surface area contributed by atoms with Crippen LogP contribution in [0.4, 0.5) is 8.78 Å². The van der Waals surface area contributed by atoms with Crippen LogP contribution in [0.25, 0.3) is 0 Å². The number of ketones is 1. The monoisotopic (exact) mass is 648 g/mol. The summed E-state index contributed by atoms with van der Waals surface area (Å²) in [5.74, 6) is 3.26. The number of halogens is 3. The number of hydrogen-bond acceptors (Lipinski definition) is 2. The number of carbonyl (C=O) groups is 1. The van der Waals surface area contributed by atoms with Crippen LogP contribution in [0.3, 0.4) is 0 Å². The van der Waals surface area contributed by atoms with Gasteiger partial charge in [-0.15, -0.1) is 0 Å². The fraction of sp³-hybridized carbons (Fsp3) is 0.811. The summed E-state index contributed by atoms with van der Waals surface area (Å²) in [7, 11) is 0. The van der Waals surface area contributed by atoms with Gasteiger partial charge < -0.3 is 4.74 Å². The molecule has 0 amide bonds. The summed E-state index contributed by atoms with van der Waals surface area (Å²) in [6, 6.07) is 4.62. The second-order valence-corrected chi connectivity index (χ2v) is 16.1. The second kappa shape index (κ2) is 14.5. The Hall–Kier alpha value is -0.810. The van der Waals surface area contributed by atoms with E-state index in [0.717, 1.165) is 76.0 Å². The van der Waals surface area contributed by atoms with Gasteiger partial charge in [0.05, 0.1) is 16.8 Å². The van der Waals surface area contributed by atoms with Crippen LogP contribution in [0.1, 0.15) is 131 Å². The second-order valence-electron chi connectivity index (χ2n) is 15.0. The largest absolute Gasteiger partial charge is 0.358 e. The molecule has 5 heteroatoms. The van der Waals surface area contributed by atoms with Gasteiger partial charge in [0.15, 0.2) is 0 Å². The molecule has 0 heterocycles. The highest BCUT2D eigenvalue weighted by Crippen LogP contribution is 2.45. The van der Waals surface area contributed by atoms with Crippen molar-refractivity contribution in [2.24, 2.45) is 35.5 Å². The highest BCUT2D eigenvalue weighted by atomic mass is 79.9. The van der Waals surface area contributed by atoms with E-state index < -0.39 is 12.0 Å². The van der Waals surface area contributed by atoms with Gasteiger partial charge in [0, 0.05) is 6.42 Å². The molecule has 4 saturated carbocycles. The minimum absolute atomic E-state index is 0.0822. The van der Waals surface area contributed by atoms with E-state index in [1.54, 1.807) is 0 Å². The zero-order valence-electron chi connectivity index (χ0n) is 26.5. The van der Waals surface area contributed by atoms with Crippen LogP contribution in [0.2, 0.25) is 0 Å². The van der Waals surface area contributed by atoms with Crippen molar-refractivity contribution in [1.82, 2.24) is 0 Å². The zero-order chi connectivity index (χ0) is 29.9. The molecule has 1 aromatic rings. The molecule has 1 aromatic carbocycles. The van der Waals surface area contributed by atoms with Crippen molar-refractivity contribution in [1.29, 1.82) is 0 Å². The maximum atomic E-state index is 15.3. The topological polar surface area (TPSA) is 26.3 Å². The Morgan fingerprint density at radius 3 is 1.79 bits per heavy atom. The summed E-state index contributed by atoms with van der Waals surface area (Å²) in [6.45, 7) is 6.54. The number of ether oxygens (including phenoxy) is 1. The average molecular weight is 650 g/mol. The van der Waals surface area contributed by atoms with Crippen LogP contribution in [-0.2, 0) is 16.0 Å². The number of alkyl halides is 3. The highest BCUT2D eigenvalue weighted by molar-refractivity contribution is 9.10. The maximum Gasteiger partial charge on any atom is 0.358 e. The van der Waals surface area contributed by atoms with Gasteiger partial charge in [-0.2, -0.15) is 8.78 Å². The predicted molar refractivity (Wildman–Crippen MR) is 171 cm³/mol. The van der Waals surface area contributed by atoms with Gasteiger partial charge in [0.2, 0.25) is 0 Å². The summed E-state index contributed by atoms with van der Waals surface area (Å²) in [5, 5.41) is 0. The van der Waals surface area contributed by atoms with Gasteiger partial charge >= 0.3 is 6.11 Å². The normalized spacial score (nSPS) is 34.9. The molecule has 0 radical (unpaired) electrons. The first-order chi connectivity index (χ1) is 20.1. The lowest BCUT2D eigenvalue weighted by Crippen LogP contribution is -2.39. The molecule has 236 valence electrons. The first-order valence-corrected chi connectivity index (χ1v) is 18.3. The summed E-state index contributed by atoms with van der Waals surface area (Å²) in [5.41, 5.74) is 5.46. The number of aryl methyl sites for hydroxylation is 2. The van der Waals surface area contributed by atoms with Crippen LogP contribution in [-0.4, -0.2) is 22.8 Å². The Morgan fingerprint density at radius 1 is 0.738 bits per heavy atom. The van der Waals surface area contributed by atoms with Gasteiger partial charge in [-0.1, -0.05) is 53.7 Å². The molecule has 42 heavy (non-hydrogen) atoms. The number of benzene rings is 1. The third-order valence-corrected chi connectivity index (χ3v) is 12.8. The Labute approximate surface area is 262 Å². The summed E-state index contributed by atoms with van der Waals surface area (Å²) < 4.78 is 36.2. The minimum atomic E-state index is -2.98. The molecule has 0 spiro atoms. The number of rotatable bonds is 9. The smallest absolute Gasteiger partial charge is 0.317 e. The van der Waals surface area contributed by atoms with E-state index in [1.807, 2.05) is 0 Å². The zero-order valence-corrected chi connectivity index (χ0v) is 28.0. The van der Waals surface area contributed by atoms with Gasteiger partial charge in [-0.3, -0.25) is 4.79 Å². The van der Waals surface area contributed by atoms with E-state index in [2.05, 4.69) is 48.8 Å². The molecule has 4 aliphatic rings. The minimum Gasteiger partial charge on any atom is -0.317 e. The lowest BCUT2D eigenvalue weighted by Gasteiger charge is -2.38. The van der Waals surface area contributed by atoms with E-state index in [9.17, 15) is 4.79 Å². The quantitative estimate of drug-likeness (QED) is 0.249. The molecule has 4 aliphatic carbocycles. The first-order valence-electron chi connectivity index (χ1n) is 17.3. The van der Waals surface area contributed by atoms with Crippen molar-refractivity contribution in [2.75, 3.05) is 0 Å². The van der Waals surface area contributed by atoms with Crippen molar-refractivity contribution >= 4 is 21.7 Å². The molecule has 2 unspecified atom stereocenters. The first kappa shape index (κ1) is 32.6. The molecule has 5 rings (SSSR count). The predicted octanol–water partition coefficient (Wildman–Crippen LogP) is 10.8. The third kappa shape index (κ3) is 8.67. The van der Waals surface area contributed by atoms with Crippen molar-refractivity contribution in [3.63, 3.8) is 0 Å². The van der Waals surface area contributed by atoms with Gasteiger partial charge in [-0.25, -0.2) is 0 Å². The van der Waals surface area contributed by atoms with Crippen LogP contribution < -0.4 is 0 Å². The fourth-order valence-electron chi connectivity index (χ4n) is 8.99. The molecular formula is C37H55BrF2O2. The van der Waals surface area contributed by atoms with Crippen molar-refractivity contribution < 1.29 is 18.3 Å². The Kier molecular flexibility index (Phi) is 11.3. The van der Waals surface area contributed by atoms with Crippen LogP contribution in [0, 0.1) is 56.3 Å². The van der Waals surface area contributed by atoms with Gasteiger partial charge in [0.1, 0.15) is 5.78 Å². The molecule has 2 atom stereocenters. The lowest BCUT2D eigenvalue weighted by molar-refractivity contribution is -0.302. The van der Waals surface area contributed by atoms with E-state index in [4.69, 9.17) is 4.74 Å². The molecule has 0 N–H and O–H groups in total. The average Bonchev–Trinajstić information content (AvgIpc) is 2.96. The van der Waals surface area contributed by atoms with E-state index in [0.29, 0.717) is 36.4 Å². The number of hydrogen-bond donors (Lipinski definition) is 0. The molecule has 4 fully saturated rings. The van der Waals surface area contributed by atoms with Crippen molar-refractivity contribution in [3.05, 3.63) is 34.4 Å². The van der Waals surface area contributed by atoms with Crippen molar-refractivity contribution in [3.8, 4) is 0 Å². The van der Waals surface area contributed by atoms with Crippen LogP contribution in [0.15, 0.2) is 12.1 Å². The van der Waals surface area contributed by atoms with Gasteiger partial charge in [0.25, 0.3) is 0 Å². The molecule has 0 saturated heterocycles. The lowest BCUT2D eigenvalue weighted by atomic mass is 9.71. The van der Waals surface area contributed by atoms with Crippen molar-refractivity contribution in [2.45, 2.75) is 153 Å². The van der Waals surface area contributed by atoms with Crippen LogP contribution >= 0.6 is 15.9 Å². The Balaban J connectivity index is 0.978. The SMILES string of the molecule is Cc1cc(CC2CCC(OC(F)(F)C3CCC(CC4CCC(CC5CCC(=O)C(Br)C5)CC4)CC3)CC2)cc(C)c1C. The Morgan fingerprint density at radius 2 is 1.24 bits per heavy atom. The van der Waals surface area contributed by atoms with Crippen LogP contribution in [0.5, 0.6) is 0 Å². The maximum absolute atomic E-state index is 15.3. The number of carbonyl (C=O) groups excluding carboxylic acids is 1. The molecule has 0 aliphatic heterocycles. The molecule has 2 nitrogen and oxygen atoms in total. The molecule has 0 aromatic heterocycles. The summed E-state index contributed by atoms with van der Waals surface area (Å²) in [6.07, 6.45) is 15.0. The van der Waals surface area contributed by atoms with E-state index >= 15 is 8.78 Å². The van der Waals surface area contributed by atoms with E-state index in [1.165, 1.54) is 60.8 Å².